The molecule has 0 radical (unpaired) electrons. The number of carbonyl (C=O) groups excluding carboxylic acids is 3. The molecule has 0 unspecified atom stereocenters. The zero-order valence-electron chi connectivity index (χ0n) is 18.3. The van der Waals surface area contributed by atoms with Gasteiger partial charge < -0.3 is 9.88 Å². The zero-order chi connectivity index (χ0) is 23.1. The summed E-state index contributed by atoms with van der Waals surface area (Å²) < 4.78 is 1.85. The van der Waals surface area contributed by atoms with Crippen LogP contribution in [0.4, 0.5) is 0 Å². The number of carbonyl (C=O) groups is 3. The number of hydrogen-bond donors (Lipinski definition) is 3. The largest absolute Gasteiger partial charge is 0.340 e. The molecule has 0 bridgehead atoms. The molecule has 0 aliphatic heterocycles. The number of hydrazine groups is 1. The molecular weight excluding hydrogens is 426 g/mol. The second-order valence-corrected chi connectivity index (χ2v) is 8.45. The van der Waals surface area contributed by atoms with Gasteiger partial charge in [-0.15, -0.1) is 0 Å². The van der Waals surface area contributed by atoms with Gasteiger partial charge in [0.05, 0.1) is 17.5 Å². The summed E-state index contributed by atoms with van der Waals surface area (Å²) in [5, 5.41) is 2.76. The van der Waals surface area contributed by atoms with Gasteiger partial charge in [0.2, 0.25) is 5.91 Å². The van der Waals surface area contributed by atoms with E-state index in [4.69, 9.17) is 0 Å². The van der Waals surface area contributed by atoms with Crippen LogP contribution in [0.5, 0.6) is 0 Å². The summed E-state index contributed by atoms with van der Waals surface area (Å²) in [7, 11) is 1.84. The van der Waals surface area contributed by atoms with E-state index >= 15 is 0 Å². The van der Waals surface area contributed by atoms with Crippen LogP contribution in [0.2, 0.25) is 0 Å². The summed E-state index contributed by atoms with van der Waals surface area (Å²) in [6.45, 7) is 1.90. The van der Waals surface area contributed by atoms with Gasteiger partial charge in [-0.05, 0) is 49.6 Å². The summed E-state index contributed by atoms with van der Waals surface area (Å²) in [5.41, 5.74) is 8.03. The molecule has 1 atom stereocenters. The van der Waals surface area contributed by atoms with Gasteiger partial charge in [0, 0.05) is 12.6 Å². The molecule has 1 heterocycles. The molecule has 3 rings (SSSR count). The number of hydrogen-bond acceptors (Lipinski definition) is 5. The Morgan fingerprint density at radius 1 is 1.09 bits per heavy atom. The number of aromatic nitrogens is 2. The van der Waals surface area contributed by atoms with Crippen LogP contribution in [0.3, 0.4) is 0 Å². The van der Waals surface area contributed by atoms with Crippen molar-refractivity contribution in [1.82, 2.24) is 25.7 Å². The molecule has 3 aromatic rings. The third-order valence-corrected chi connectivity index (χ3v) is 5.68. The Balaban J connectivity index is 1.59. The first kappa shape index (κ1) is 23.3. The van der Waals surface area contributed by atoms with Crippen molar-refractivity contribution in [3.8, 4) is 0 Å². The van der Waals surface area contributed by atoms with Crippen molar-refractivity contribution in [3.63, 3.8) is 0 Å². The molecule has 0 spiro atoms. The fourth-order valence-corrected chi connectivity index (χ4v) is 3.76. The highest BCUT2D eigenvalue weighted by atomic mass is 32.2. The lowest BCUT2D eigenvalue weighted by molar-refractivity contribution is -0.129. The predicted octanol–water partition coefficient (Wildman–Crippen LogP) is 2.12. The first-order valence-corrected chi connectivity index (χ1v) is 11.6. The van der Waals surface area contributed by atoms with Crippen LogP contribution < -0.4 is 16.2 Å². The van der Waals surface area contributed by atoms with E-state index in [-0.39, 0.29) is 12.3 Å². The molecule has 32 heavy (non-hydrogen) atoms. The van der Waals surface area contributed by atoms with Crippen molar-refractivity contribution in [2.45, 2.75) is 25.8 Å². The SMILES string of the molecule is CSCC[C@H](NC(=O)c1cccc(C)c1)C(=O)NNC(=O)Cc1nc2ccccc2n1C. The molecule has 168 valence electrons. The monoisotopic (exact) mass is 453 g/mol. The quantitative estimate of drug-likeness (QED) is 0.453. The molecule has 0 aliphatic rings. The lowest BCUT2D eigenvalue weighted by Crippen LogP contribution is -2.52. The fraction of sp³-hybridized carbons (Fsp3) is 0.304. The summed E-state index contributed by atoms with van der Waals surface area (Å²) in [6.07, 6.45) is 2.37. The minimum Gasteiger partial charge on any atom is -0.340 e. The van der Waals surface area contributed by atoms with E-state index < -0.39 is 17.9 Å². The van der Waals surface area contributed by atoms with Crippen LogP contribution >= 0.6 is 11.8 Å². The molecule has 0 saturated carbocycles. The number of aryl methyl sites for hydroxylation is 2. The van der Waals surface area contributed by atoms with Crippen LogP contribution in [-0.4, -0.2) is 45.3 Å². The highest BCUT2D eigenvalue weighted by Crippen LogP contribution is 2.14. The van der Waals surface area contributed by atoms with Gasteiger partial charge in [0.1, 0.15) is 11.9 Å². The summed E-state index contributed by atoms with van der Waals surface area (Å²) in [5.74, 6) is 0.0642. The average Bonchev–Trinajstić information content (AvgIpc) is 3.10. The van der Waals surface area contributed by atoms with Gasteiger partial charge in [-0.25, -0.2) is 4.98 Å². The molecule has 3 N–H and O–H groups in total. The van der Waals surface area contributed by atoms with Crippen molar-refractivity contribution in [3.05, 3.63) is 65.5 Å². The van der Waals surface area contributed by atoms with Gasteiger partial charge in [-0.3, -0.25) is 25.2 Å². The van der Waals surface area contributed by atoms with Crippen LogP contribution in [0.25, 0.3) is 11.0 Å². The maximum Gasteiger partial charge on any atom is 0.260 e. The number of thioether (sulfide) groups is 1. The van der Waals surface area contributed by atoms with E-state index in [1.807, 2.05) is 55.1 Å². The van der Waals surface area contributed by atoms with Gasteiger partial charge in [0.25, 0.3) is 11.8 Å². The lowest BCUT2D eigenvalue weighted by atomic mass is 10.1. The molecule has 1 aromatic heterocycles. The number of para-hydroxylation sites is 2. The van der Waals surface area contributed by atoms with Crippen molar-refractivity contribution in [1.29, 1.82) is 0 Å². The maximum absolute atomic E-state index is 12.7. The second-order valence-electron chi connectivity index (χ2n) is 7.47. The van der Waals surface area contributed by atoms with Crippen LogP contribution in [0.1, 0.15) is 28.2 Å². The third-order valence-electron chi connectivity index (χ3n) is 5.04. The van der Waals surface area contributed by atoms with E-state index in [9.17, 15) is 14.4 Å². The molecule has 0 saturated heterocycles. The number of fused-ring (bicyclic) bond motifs is 1. The Morgan fingerprint density at radius 2 is 1.88 bits per heavy atom. The second kappa shape index (κ2) is 10.8. The van der Waals surface area contributed by atoms with E-state index in [1.165, 1.54) is 0 Å². The fourth-order valence-electron chi connectivity index (χ4n) is 3.29. The standard InChI is InChI=1S/C23H27N5O3S/c1-15-7-6-8-16(13-15)22(30)25-18(11-12-32-3)23(31)27-26-21(29)14-20-24-17-9-4-5-10-19(17)28(20)2/h4-10,13,18H,11-12,14H2,1-3H3,(H,25,30)(H,26,29)(H,27,31)/t18-/m0/s1. The van der Waals surface area contributed by atoms with Crippen LogP contribution in [-0.2, 0) is 23.1 Å². The minimum atomic E-state index is -0.772. The number of nitrogens with zero attached hydrogens (tertiary/aromatic N) is 2. The van der Waals surface area contributed by atoms with E-state index in [0.29, 0.717) is 23.6 Å². The molecule has 3 amide bonds. The minimum absolute atomic E-state index is 0.0105. The Morgan fingerprint density at radius 3 is 2.59 bits per heavy atom. The summed E-state index contributed by atoms with van der Waals surface area (Å²) in [4.78, 5) is 42.1. The van der Waals surface area contributed by atoms with Crippen LogP contribution in [0, 0.1) is 6.92 Å². The Labute approximate surface area is 191 Å². The first-order valence-electron chi connectivity index (χ1n) is 10.2. The zero-order valence-corrected chi connectivity index (χ0v) is 19.2. The van der Waals surface area contributed by atoms with Crippen molar-refractivity contribution < 1.29 is 14.4 Å². The van der Waals surface area contributed by atoms with Gasteiger partial charge in [-0.2, -0.15) is 11.8 Å². The Hall–Kier alpha value is -3.33. The van der Waals surface area contributed by atoms with Gasteiger partial charge in [-0.1, -0.05) is 29.8 Å². The smallest absolute Gasteiger partial charge is 0.260 e. The molecular formula is C23H27N5O3S. The molecule has 0 fully saturated rings. The molecule has 2 aromatic carbocycles. The van der Waals surface area contributed by atoms with E-state index in [2.05, 4.69) is 21.2 Å². The molecule has 8 nitrogen and oxygen atoms in total. The molecule has 9 heteroatoms. The number of benzene rings is 2. The van der Waals surface area contributed by atoms with Gasteiger partial charge in [0.15, 0.2) is 0 Å². The van der Waals surface area contributed by atoms with Crippen molar-refractivity contribution in [2.75, 3.05) is 12.0 Å². The number of nitrogens with one attached hydrogen (secondary N) is 3. The number of imidazole rings is 1. The number of amides is 3. The van der Waals surface area contributed by atoms with Crippen LogP contribution in [0.15, 0.2) is 48.5 Å². The third kappa shape index (κ3) is 5.88. The highest BCUT2D eigenvalue weighted by molar-refractivity contribution is 7.98. The summed E-state index contributed by atoms with van der Waals surface area (Å²) in [6, 6.07) is 14.0. The topological polar surface area (TPSA) is 105 Å². The van der Waals surface area contributed by atoms with Crippen molar-refractivity contribution >= 4 is 40.5 Å². The Kier molecular flexibility index (Phi) is 7.88. The highest BCUT2D eigenvalue weighted by Gasteiger charge is 2.22. The number of rotatable bonds is 8. The average molecular weight is 454 g/mol. The van der Waals surface area contributed by atoms with E-state index in [0.717, 1.165) is 16.6 Å². The van der Waals surface area contributed by atoms with Gasteiger partial charge >= 0.3 is 0 Å². The Bertz CT molecular complexity index is 1130. The molecule has 0 aliphatic carbocycles. The predicted molar refractivity (Wildman–Crippen MR) is 126 cm³/mol. The summed E-state index contributed by atoms with van der Waals surface area (Å²) >= 11 is 1.57. The normalized spacial score (nSPS) is 11.7. The lowest BCUT2D eigenvalue weighted by Gasteiger charge is -2.18. The van der Waals surface area contributed by atoms with Crippen molar-refractivity contribution in [2.24, 2.45) is 7.05 Å². The first-order chi connectivity index (χ1) is 15.4. The maximum atomic E-state index is 12.7. The van der Waals surface area contributed by atoms with E-state index in [1.54, 1.807) is 30.0 Å².